The van der Waals surface area contributed by atoms with Gasteiger partial charge in [-0.1, -0.05) is 43.8 Å². The zero-order chi connectivity index (χ0) is 13.1. The van der Waals surface area contributed by atoms with E-state index in [1.165, 1.54) is 11.8 Å². The fourth-order valence-corrected chi connectivity index (χ4v) is 3.38. The summed E-state index contributed by atoms with van der Waals surface area (Å²) >= 11 is 1.51. The van der Waals surface area contributed by atoms with Crippen molar-refractivity contribution in [2.45, 2.75) is 36.4 Å². The Bertz CT molecular complexity index is 369. The van der Waals surface area contributed by atoms with Crippen LogP contribution in [0.1, 0.15) is 13.8 Å². The molecule has 1 heterocycles. The van der Waals surface area contributed by atoms with Gasteiger partial charge in [0.2, 0.25) is 0 Å². The lowest BCUT2D eigenvalue weighted by Crippen LogP contribution is -2.49. The molecule has 1 aliphatic rings. The van der Waals surface area contributed by atoms with E-state index in [0.717, 1.165) is 4.90 Å². The van der Waals surface area contributed by atoms with Gasteiger partial charge in [-0.05, 0) is 24.0 Å². The highest BCUT2D eigenvalue weighted by atomic mass is 32.2. The van der Waals surface area contributed by atoms with E-state index in [2.05, 4.69) is 0 Å². The van der Waals surface area contributed by atoms with Gasteiger partial charge in [0.05, 0.1) is 18.8 Å². The van der Waals surface area contributed by atoms with Gasteiger partial charge >= 0.3 is 0 Å². The second-order valence-electron chi connectivity index (χ2n) is 4.87. The second-order valence-corrected chi connectivity index (χ2v) is 6.04. The van der Waals surface area contributed by atoms with Crippen LogP contribution in [0.2, 0.25) is 0 Å². The van der Waals surface area contributed by atoms with Crippen molar-refractivity contribution in [1.82, 2.24) is 0 Å². The van der Waals surface area contributed by atoms with Gasteiger partial charge in [0.15, 0.2) is 0 Å². The fraction of sp³-hybridized carbons (Fsp3) is 0.571. The Kier molecular flexibility index (Phi) is 4.67. The van der Waals surface area contributed by atoms with Crippen molar-refractivity contribution < 1.29 is 14.9 Å². The van der Waals surface area contributed by atoms with Gasteiger partial charge in [0, 0.05) is 4.90 Å². The molecule has 5 atom stereocenters. The molecule has 2 rings (SSSR count). The third-order valence-electron chi connectivity index (χ3n) is 3.72. The maximum atomic E-state index is 10.3. The van der Waals surface area contributed by atoms with E-state index in [4.69, 9.17) is 4.74 Å². The van der Waals surface area contributed by atoms with Crippen LogP contribution >= 0.6 is 11.8 Å². The van der Waals surface area contributed by atoms with Crippen LogP contribution in [0.15, 0.2) is 35.2 Å². The average Bonchev–Trinajstić information content (AvgIpc) is 2.40. The summed E-state index contributed by atoms with van der Waals surface area (Å²) in [6.07, 6.45) is -0.697. The maximum absolute atomic E-state index is 10.3. The molecule has 4 heteroatoms. The van der Waals surface area contributed by atoms with Crippen molar-refractivity contribution in [2.24, 2.45) is 11.8 Å². The standard InChI is InChI=1S/C14H20O3S/c1-9-10(2)13(16)14(17-12(9)8-15)18-11-6-4-3-5-7-11/h3-7,9-10,12-16H,8H2,1-2H3/t9-,10+,12?,13?,14-/m1/s1. The Balaban J connectivity index is 2.08. The largest absolute Gasteiger partial charge is 0.394 e. The van der Waals surface area contributed by atoms with Crippen LogP contribution in [0.25, 0.3) is 0 Å². The highest BCUT2D eigenvalue weighted by Gasteiger charge is 2.40. The molecule has 2 N–H and O–H groups in total. The van der Waals surface area contributed by atoms with Gasteiger partial charge in [-0.15, -0.1) is 0 Å². The van der Waals surface area contributed by atoms with Crippen molar-refractivity contribution >= 4 is 11.8 Å². The van der Waals surface area contributed by atoms with Crippen molar-refractivity contribution in [3.8, 4) is 0 Å². The molecular formula is C14H20O3S. The molecule has 1 aromatic carbocycles. The lowest BCUT2D eigenvalue weighted by Gasteiger charge is -2.41. The van der Waals surface area contributed by atoms with E-state index in [0.29, 0.717) is 0 Å². The van der Waals surface area contributed by atoms with E-state index in [1.54, 1.807) is 0 Å². The molecule has 0 aromatic heterocycles. The zero-order valence-corrected chi connectivity index (χ0v) is 11.5. The molecule has 0 aliphatic carbocycles. The number of thioether (sulfide) groups is 1. The Hall–Kier alpha value is -0.550. The minimum atomic E-state index is -0.506. The van der Waals surface area contributed by atoms with E-state index in [1.807, 2.05) is 44.2 Å². The minimum Gasteiger partial charge on any atom is -0.394 e. The summed E-state index contributed by atoms with van der Waals surface area (Å²) in [4.78, 5) is 1.07. The first kappa shape index (κ1) is 13.9. The lowest BCUT2D eigenvalue weighted by molar-refractivity contribution is -0.145. The third-order valence-corrected chi connectivity index (χ3v) is 4.88. The van der Waals surface area contributed by atoms with Crippen molar-refractivity contribution in [3.05, 3.63) is 30.3 Å². The lowest BCUT2D eigenvalue weighted by atomic mass is 9.84. The van der Waals surface area contributed by atoms with Crippen LogP contribution in [0.3, 0.4) is 0 Å². The van der Waals surface area contributed by atoms with Crippen LogP contribution in [0.5, 0.6) is 0 Å². The molecule has 100 valence electrons. The highest BCUT2D eigenvalue weighted by molar-refractivity contribution is 7.99. The molecule has 2 unspecified atom stereocenters. The molecular weight excluding hydrogens is 248 g/mol. The molecule has 1 fully saturated rings. The Morgan fingerprint density at radius 3 is 2.44 bits per heavy atom. The average molecular weight is 268 g/mol. The molecule has 0 saturated carbocycles. The van der Waals surface area contributed by atoms with Crippen molar-refractivity contribution in [2.75, 3.05) is 6.61 Å². The van der Waals surface area contributed by atoms with Gasteiger partial charge in [0.25, 0.3) is 0 Å². The maximum Gasteiger partial charge on any atom is 0.134 e. The van der Waals surface area contributed by atoms with E-state index in [9.17, 15) is 10.2 Å². The SMILES string of the molecule is C[C@@H]1C(O)[C@@H](Sc2ccccc2)OC(CO)[C@@H]1C. The number of hydrogen-bond donors (Lipinski definition) is 2. The Labute approximate surface area is 112 Å². The fourth-order valence-electron chi connectivity index (χ4n) is 2.21. The summed E-state index contributed by atoms with van der Waals surface area (Å²) in [5, 5.41) is 19.6. The molecule has 1 aromatic rings. The molecule has 0 spiro atoms. The van der Waals surface area contributed by atoms with Crippen molar-refractivity contribution in [1.29, 1.82) is 0 Å². The number of ether oxygens (including phenoxy) is 1. The molecule has 1 saturated heterocycles. The summed E-state index contributed by atoms with van der Waals surface area (Å²) < 4.78 is 5.80. The Morgan fingerprint density at radius 1 is 1.17 bits per heavy atom. The summed E-state index contributed by atoms with van der Waals surface area (Å²) in [5.41, 5.74) is -0.309. The van der Waals surface area contributed by atoms with Gasteiger partial charge in [-0.2, -0.15) is 0 Å². The number of benzene rings is 1. The number of aliphatic hydroxyl groups excluding tert-OH is 2. The van der Waals surface area contributed by atoms with Gasteiger partial charge in [-0.3, -0.25) is 0 Å². The number of rotatable bonds is 3. The first-order valence-electron chi connectivity index (χ1n) is 6.29. The molecule has 0 bridgehead atoms. The highest BCUT2D eigenvalue weighted by Crippen LogP contribution is 2.37. The first-order chi connectivity index (χ1) is 8.63. The van der Waals surface area contributed by atoms with Gasteiger partial charge < -0.3 is 14.9 Å². The number of hydrogen-bond acceptors (Lipinski definition) is 4. The molecule has 3 nitrogen and oxygen atoms in total. The zero-order valence-electron chi connectivity index (χ0n) is 10.7. The topological polar surface area (TPSA) is 49.7 Å². The van der Waals surface area contributed by atoms with Crippen LogP contribution < -0.4 is 0 Å². The van der Waals surface area contributed by atoms with Crippen LogP contribution in [-0.4, -0.2) is 34.5 Å². The molecule has 18 heavy (non-hydrogen) atoms. The second kappa shape index (κ2) is 6.06. The molecule has 0 amide bonds. The third kappa shape index (κ3) is 2.88. The van der Waals surface area contributed by atoms with Crippen LogP contribution in [-0.2, 0) is 4.74 Å². The smallest absolute Gasteiger partial charge is 0.134 e. The van der Waals surface area contributed by atoms with Gasteiger partial charge in [0.1, 0.15) is 5.44 Å². The summed E-state index contributed by atoms with van der Waals surface area (Å²) in [7, 11) is 0. The summed E-state index contributed by atoms with van der Waals surface area (Å²) in [6.45, 7) is 4.03. The van der Waals surface area contributed by atoms with Crippen molar-refractivity contribution in [3.63, 3.8) is 0 Å². The predicted molar refractivity (Wildman–Crippen MR) is 72.4 cm³/mol. The quantitative estimate of drug-likeness (QED) is 0.881. The monoisotopic (exact) mass is 268 g/mol. The molecule has 1 aliphatic heterocycles. The predicted octanol–water partition coefficient (Wildman–Crippen LogP) is 2.13. The van der Waals surface area contributed by atoms with Gasteiger partial charge in [-0.25, -0.2) is 0 Å². The van der Waals surface area contributed by atoms with Crippen LogP contribution in [0, 0.1) is 11.8 Å². The van der Waals surface area contributed by atoms with Crippen LogP contribution in [0.4, 0.5) is 0 Å². The first-order valence-corrected chi connectivity index (χ1v) is 7.17. The number of aliphatic hydroxyl groups is 2. The van der Waals surface area contributed by atoms with E-state index < -0.39 is 6.10 Å². The Morgan fingerprint density at radius 2 is 1.83 bits per heavy atom. The summed E-state index contributed by atoms with van der Waals surface area (Å²) in [5.74, 6) is 0.287. The minimum absolute atomic E-state index is 0.00404. The normalized spacial score (nSPS) is 36.6. The van der Waals surface area contributed by atoms with E-state index in [-0.39, 0.29) is 30.0 Å². The summed E-state index contributed by atoms with van der Waals surface area (Å²) in [6, 6.07) is 9.89. The van der Waals surface area contributed by atoms with E-state index >= 15 is 0 Å². The molecule has 0 radical (unpaired) electrons.